The third-order valence-corrected chi connectivity index (χ3v) is 3.38. The summed E-state index contributed by atoms with van der Waals surface area (Å²) >= 11 is 0. The van der Waals surface area contributed by atoms with E-state index in [2.05, 4.69) is 5.16 Å². The van der Waals surface area contributed by atoms with Crippen molar-refractivity contribution in [3.05, 3.63) is 30.0 Å². The predicted molar refractivity (Wildman–Crippen MR) is 70.1 cm³/mol. The topological polar surface area (TPSA) is 83.6 Å². The van der Waals surface area contributed by atoms with Gasteiger partial charge in [-0.15, -0.1) is 0 Å². The van der Waals surface area contributed by atoms with Crippen LogP contribution in [0.3, 0.4) is 0 Å². The minimum Gasteiger partial charge on any atom is -0.480 e. The zero-order chi connectivity index (χ0) is 14.1. The summed E-state index contributed by atoms with van der Waals surface area (Å²) in [5.74, 6) is -1.20. The Balaban J connectivity index is 1.78. The monoisotopic (exact) mass is 274 g/mol. The summed E-state index contributed by atoms with van der Waals surface area (Å²) in [5, 5.41) is 13.6. The van der Waals surface area contributed by atoms with Crippen molar-refractivity contribution in [3.8, 4) is 0 Å². The lowest BCUT2D eigenvalue weighted by Crippen LogP contribution is -2.38. The van der Waals surface area contributed by atoms with Gasteiger partial charge in [-0.25, -0.2) is 0 Å². The summed E-state index contributed by atoms with van der Waals surface area (Å²) in [6.07, 6.45) is 1.82. The molecule has 0 bridgehead atoms. The lowest BCUT2D eigenvalue weighted by molar-refractivity contribution is -0.144. The highest BCUT2D eigenvalue weighted by Crippen LogP contribution is 2.28. The molecule has 1 fully saturated rings. The summed E-state index contributed by atoms with van der Waals surface area (Å²) in [4.78, 5) is 24.5. The average Bonchev–Trinajstić information content (AvgIpc) is 3.19. The van der Waals surface area contributed by atoms with Gasteiger partial charge in [-0.05, 0) is 25.0 Å². The van der Waals surface area contributed by atoms with E-state index in [1.165, 1.54) is 4.90 Å². The molecule has 0 unspecified atom stereocenters. The molecule has 6 heteroatoms. The van der Waals surface area contributed by atoms with Gasteiger partial charge in [-0.3, -0.25) is 9.59 Å². The molecule has 1 N–H and O–H groups in total. The number of carbonyl (C=O) groups excluding carboxylic acids is 1. The predicted octanol–water partition coefficient (Wildman–Crippen LogP) is 1.45. The molecule has 1 aliphatic rings. The van der Waals surface area contributed by atoms with Crippen molar-refractivity contribution in [2.75, 3.05) is 6.54 Å². The van der Waals surface area contributed by atoms with Crippen LogP contribution < -0.4 is 0 Å². The standard InChI is InChI=1S/C14H14N2O4/c17-13(16(8-14(18)19)9-5-6-9)7-11-10-3-1-2-4-12(10)20-15-11/h1-4,9H,5-8H2,(H,18,19). The second-order valence-electron chi connectivity index (χ2n) is 4.95. The molecule has 0 aliphatic heterocycles. The van der Waals surface area contributed by atoms with Gasteiger partial charge in [-0.1, -0.05) is 17.3 Å². The Hall–Kier alpha value is -2.37. The van der Waals surface area contributed by atoms with E-state index in [0.29, 0.717) is 11.3 Å². The molecular formula is C14H14N2O4. The number of rotatable bonds is 5. The summed E-state index contributed by atoms with van der Waals surface area (Å²) in [6.45, 7) is -0.251. The number of hydrogen-bond donors (Lipinski definition) is 1. The number of carboxylic acid groups (broad SMARTS) is 1. The number of para-hydroxylation sites is 1. The smallest absolute Gasteiger partial charge is 0.323 e. The number of hydrogen-bond acceptors (Lipinski definition) is 4. The summed E-state index contributed by atoms with van der Waals surface area (Å²) in [6, 6.07) is 7.37. The second-order valence-corrected chi connectivity index (χ2v) is 4.95. The van der Waals surface area contributed by atoms with Crippen molar-refractivity contribution < 1.29 is 19.2 Å². The van der Waals surface area contributed by atoms with Crippen LogP contribution in [0.15, 0.2) is 28.8 Å². The molecule has 3 rings (SSSR count). The number of aliphatic carboxylic acids is 1. The maximum atomic E-state index is 12.3. The van der Waals surface area contributed by atoms with Crippen molar-refractivity contribution in [2.24, 2.45) is 0 Å². The van der Waals surface area contributed by atoms with Gasteiger partial charge in [0.2, 0.25) is 5.91 Å². The largest absolute Gasteiger partial charge is 0.480 e. The van der Waals surface area contributed by atoms with Crippen LogP contribution in [0.2, 0.25) is 0 Å². The van der Waals surface area contributed by atoms with Crippen LogP contribution in [-0.4, -0.2) is 39.6 Å². The fraction of sp³-hybridized carbons (Fsp3) is 0.357. The first-order chi connectivity index (χ1) is 9.65. The van der Waals surface area contributed by atoms with E-state index in [4.69, 9.17) is 9.63 Å². The molecule has 0 spiro atoms. The van der Waals surface area contributed by atoms with Gasteiger partial charge in [0, 0.05) is 11.4 Å². The number of aromatic nitrogens is 1. The van der Waals surface area contributed by atoms with E-state index in [0.717, 1.165) is 18.2 Å². The first kappa shape index (κ1) is 12.7. The molecule has 1 amide bonds. The number of benzene rings is 1. The van der Waals surface area contributed by atoms with Crippen LogP contribution in [0, 0.1) is 0 Å². The molecular weight excluding hydrogens is 260 g/mol. The average molecular weight is 274 g/mol. The Bertz CT molecular complexity index is 660. The van der Waals surface area contributed by atoms with Crippen molar-refractivity contribution in [3.63, 3.8) is 0 Å². The minimum absolute atomic E-state index is 0.0664. The van der Waals surface area contributed by atoms with Crippen molar-refractivity contribution >= 4 is 22.8 Å². The van der Waals surface area contributed by atoms with Crippen LogP contribution in [-0.2, 0) is 16.0 Å². The summed E-state index contributed by atoms with van der Waals surface area (Å²) < 4.78 is 5.15. The van der Waals surface area contributed by atoms with Gasteiger partial charge in [0.25, 0.3) is 0 Å². The molecule has 104 valence electrons. The van der Waals surface area contributed by atoms with Gasteiger partial charge >= 0.3 is 5.97 Å². The Morgan fingerprint density at radius 1 is 1.35 bits per heavy atom. The highest BCUT2D eigenvalue weighted by Gasteiger charge is 2.34. The lowest BCUT2D eigenvalue weighted by Gasteiger charge is -2.19. The van der Waals surface area contributed by atoms with Crippen molar-refractivity contribution in [1.82, 2.24) is 10.1 Å². The Morgan fingerprint density at radius 2 is 2.10 bits per heavy atom. The van der Waals surface area contributed by atoms with E-state index in [9.17, 15) is 9.59 Å². The van der Waals surface area contributed by atoms with Crippen LogP contribution in [0.25, 0.3) is 11.0 Å². The van der Waals surface area contributed by atoms with Crippen LogP contribution in [0.5, 0.6) is 0 Å². The molecule has 1 aromatic carbocycles. The highest BCUT2D eigenvalue weighted by atomic mass is 16.5. The van der Waals surface area contributed by atoms with Crippen LogP contribution in [0.1, 0.15) is 18.5 Å². The molecule has 20 heavy (non-hydrogen) atoms. The summed E-state index contributed by atoms with van der Waals surface area (Å²) in [7, 11) is 0. The van der Waals surface area contributed by atoms with Crippen molar-refractivity contribution in [1.29, 1.82) is 0 Å². The van der Waals surface area contributed by atoms with Crippen LogP contribution in [0.4, 0.5) is 0 Å². The van der Waals surface area contributed by atoms with E-state index < -0.39 is 5.97 Å². The summed E-state index contributed by atoms with van der Waals surface area (Å²) in [5.41, 5.74) is 1.19. The number of carbonyl (C=O) groups is 2. The van der Waals surface area contributed by atoms with Gasteiger partial charge in [0.05, 0.1) is 6.42 Å². The van der Waals surface area contributed by atoms with E-state index >= 15 is 0 Å². The zero-order valence-electron chi connectivity index (χ0n) is 10.8. The maximum absolute atomic E-state index is 12.3. The quantitative estimate of drug-likeness (QED) is 0.892. The number of nitrogens with zero attached hydrogens (tertiary/aromatic N) is 2. The van der Waals surface area contributed by atoms with Gasteiger partial charge in [0.1, 0.15) is 12.2 Å². The molecule has 1 aromatic heterocycles. The SMILES string of the molecule is O=C(O)CN(C(=O)Cc1noc2ccccc12)C1CC1. The van der Waals surface area contributed by atoms with Gasteiger partial charge in [-0.2, -0.15) is 0 Å². The molecule has 6 nitrogen and oxygen atoms in total. The van der Waals surface area contributed by atoms with Gasteiger partial charge in [0.15, 0.2) is 5.58 Å². The van der Waals surface area contributed by atoms with E-state index in [-0.39, 0.29) is 24.9 Å². The molecule has 2 aromatic rings. The lowest BCUT2D eigenvalue weighted by atomic mass is 10.1. The molecule has 1 aliphatic carbocycles. The minimum atomic E-state index is -0.990. The third kappa shape index (κ3) is 2.49. The fourth-order valence-electron chi connectivity index (χ4n) is 2.26. The zero-order valence-corrected chi connectivity index (χ0v) is 10.8. The van der Waals surface area contributed by atoms with Gasteiger partial charge < -0.3 is 14.5 Å². The van der Waals surface area contributed by atoms with E-state index in [1.54, 1.807) is 6.07 Å². The third-order valence-electron chi connectivity index (χ3n) is 3.38. The fourth-order valence-corrected chi connectivity index (χ4v) is 2.26. The second kappa shape index (κ2) is 4.96. The first-order valence-electron chi connectivity index (χ1n) is 6.49. The Morgan fingerprint density at radius 3 is 2.80 bits per heavy atom. The number of amides is 1. The number of carboxylic acids is 1. The molecule has 0 radical (unpaired) electrons. The normalized spacial score (nSPS) is 14.4. The van der Waals surface area contributed by atoms with Crippen LogP contribution >= 0.6 is 0 Å². The Labute approximate surface area is 115 Å². The van der Waals surface area contributed by atoms with Crippen molar-refractivity contribution in [2.45, 2.75) is 25.3 Å². The number of fused-ring (bicyclic) bond motifs is 1. The van der Waals surface area contributed by atoms with E-state index in [1.807, 2.05) is 18.2 Å². The first-order valence-corrected chi connectivity index (χ1v) is 6.49. The Kier molecular flexibility index (Phi) is 3.14. The highest BCUT2D eigenvalue weighted by molar-refractivity contribution is 5.88. The molecule has 0 saturated heterocycles. The molecule has 1 saturated carbocycles. The molecule has 0 atom stereocenters. The maximum Gasteiger partial charge on any atom is 0.323 e. The molecule has 1 heterocycles.